The molecule has 2 aromatic rings. The number of halogens is 1. The van der Waals surface area contributed by atoms with Crippen LogP contribution in [0, 0.1) is 5.92 Å². The molecule has 1 aromatic carbocycles. The van der Waals surface area contributed by atoms with Crippen molar-refractivity contribution >= 4 is 28.5 Å². The van der Waals surface area contributed by atoms with E-state index in [2.05, 4.69) is 0 Å². The zero-order valence-electron chi connectivity index (χ0n) is 11.6. The Morgan fingerprint density at radius 1 is 1.33 bits per heavy atom. The summed E-state index contributed by atoms with van der Waals surface area (Å²) in [6.07, 6.45) is 4.03. The Labute approximate surface area is 127 Å². The molecule has 1 saturated carbocycles. The maximum absolute atomic E-state index is 11.0. The Balaban J connectivity index is 1.79. The van der Waals surface area contributed by atoms with Gasteiger partial charge in [0, 0.05) is 22.1 Å². The van der Waals surface area contributed by atoms with Crippen LogP contribution in [0.1, 0.15) is 25.7 Å². The third-order valence-corrected chi connectivity index (χ3v) is 4.82. The first-order chi connectivity index (χ1) is 9.98. The number of hydrogen-bond donors (Lipinski definition) is 2. The minimum atomic E-state index is -0.833. The number of nitrogens with zero attached hydrogens (tertiary/aromatic N) is 1. The second-order valence-electron chi connectivity index (χ2n) is 5.95. The molecule has 0 spiro atoms. The molecule has 3 rings (SSSR count). The Morgan fingerprint density at radius 2 is 2.05 bits per heavy atom. The Morgan fingerprint density at radius 3 is 2.71 bits per heavy atom. The quantitative estimate of drug-likeness (QED) is 0.914. The van der Waals surface area contributed by atoms with Crippen molar-refractivity contribution in [3.63, 3.8) is 0 Å². The molecule has 21 heavy (non-hydrogen) atoms. The van der Waals surface area contributed by atoms with Gasteiger partial charge in [0.25, 0.3) is 0 Å². The summed E-state index contributed by atoms with van der Waals surface area (Å²) in [4.78, 5) is 11.0. The Kier molecular flexibility index (Phi) is 3.68. The van der Waals surface area contributed by atoms with Crippen molar-refractivity contribution in [3.8, 4) is 0 Å². The molecule has 0 atom stereocenters. The van der Waals surface area contributed by atoms with Crippen molar-refractivity contribution in [2.75, 3.05) is 0 Å². The van der Waals surface area contributed by atoms with Crippen LogP contribution in [0.4, 0.5) is 0 Å². The first kappa shape index (κ1) is 14.4. The molecule has 0 saturated heterocycles. The van der Waals surface area contributed by atoms with Crippen molar-refractivity contribution in [1.82, 2.24) is 4.57 Å². The molecule has 1 aromatic heterocycles. The van der Waals surface area contributed by atoms with Crippen LogP contribution in [0.25, 0.3) is 10.9 Å². The predicted molar refractivity (Wildman–Crippen MR) is 81.5 cm³/mol. The fourth-order valence-corrected chi connectivity index (χ4v) is 3.43. The lowest BCUT2D eigenvalue weighted by molar-refractivity contribution is -0.145. The molecule has 1 heterocycles. The van der Waals surface area contributed by atoms with Crippen LogP contribution in [0.2, 0.25) is 5.02 Å². The van der Waals surface area contributed by atoms with Crippen LogP contribution in [0.5, 0.6) is 0 Å². The standard InChI is InChI=1S/C16H18ClNO3/c17-13-2-1-3-14-12(13)6-9-18(14)10-16(21)7-4-11(5-8-16)15(19)20/h1-3,6,9,11,21H,4-5,7-8,10H2,(H,19,20). The van der Waals surface area contributed by atoms with E-state index in [4.69, 9.17) is 16.7 Å². The van der Waals surface area contributed by atoms with Gasteiger partial charge in [-0.15, -0.1) is 0 Å². The first-order valence-corrected chi connectivity index (χ1v) is 7.55. The van der Waals surface area contributed by atoms with Crippen LogP contribution < -0.4 is 0 Å². The lowest BCUT2D eigenvalue weighted by Crippen LogP contribution is -2.39. The molecule has 5 heteroatoms. The molecule has 4 nitrogen and oxygen atoms in total. The van der Waals surface area contributed by atoms with E-state index < -0.39 is 11.6 Å². The van der Waals surface area contributed by atoms with Gasteiger partial charge < -0.3 is 14.8 Å². The maximum Gasteiger partial charge on any atom is 0.306 e. The molecule has 1 fully saturated rings. The van der Waals surface area contributed by atoms with Crippen molar-refractivity contribution < 1.29 is 15.0 Å². The number of aromatic nitrogens is 1. The van der Waals surface area contributed by atoms with Crippen molar-refractivity contribution in [1.29, 1.82) is 0 Å². The van der Waals surface area contributed by atoms with E-state index in [1.54, 1.807) is 0 Å². The summed E-state index contributed by atoms with van der Waals surface area (Å²) in [5.41, 5.74) is 0.163. The highest BCUT2D eigenvalue weighted by Gasteiger charge is 2.36. The van der Waals surface area contributed by atoms with Gasteiger partial charge >= 0.3 is 5.97 Å². The fraction of sp³-hybridized carbons (Fsp3) is 0.438. The molecule has 0 aliphatic heterocycles. The van der Waals surface area contributed by atoms with E-state index in [1.807, 2.05) is 35.0 Å². The summed E-state index contributed by atoms with van der Waals surface area (Å²) < 4.78 is 2.00. The number of carboxylic acids is 1. The average molecular weight is 308 g/mol. The van der Waals surface area contributed by atoms with E-state index in [1.165, 1.54) is 0 Å². The second-order valence-corrected chi connectivity index (χ2v) is 6.36. The number of carboxylic acid groups (broad SMARTS) is 1. The maximum atomic E-state index is 11.0. The molecule has 0 unspecified atom stereocenters. The molecule has 1 aliphatic rings. The van der Waals surface area contributed by atoms with E-state index in [9.17, 15) is 9.90 Å². The summed E-state index contributed by atoms with van der Waals surface area (Å²) in [6.45, 7) is 0.475. The summed E-state index contributed by atoms with van der Waals surface area (Å²) >= 11 is 6.16. The molecular weight excluding hydrogens is 290 g/mol. The van der Waals surface area contributed by atoms with Crippen LogP contribution in [-0.2, 0) is 11.3 Å². The number of hydrogen-bond acceptors (Lipinski definition) is 2. The second kappa shape index (κ2) is 5.35. The smallest absolute Gasteiger partial charge is 0.306 e. The van der Waals surface area contributed by atoms with Gasteiger partial charge in [-0.25, -0.2) is 0 Å². The summed E-state index contributed by atoms with van der Waals surface area (Å²) in [7, 11) is 0. The number of carbonyl (C=O) groups is 1. The van der Waals surface area contributed by atoms with Crippen LogP contribution in [0.3, 0.4) is 0 Å². The summed E-state index contributed by atoms with van der Waals surface area (Å²) in [5.74, 6) is -1.07. The molecule has 0 amide bonds. The monoisotopic (exact) mass is 307 g/mol. The minimum Gasteiger partial charge on any atom is -0.481 e. The van der Waals surface area contributed by atoms with E-state index >= 15 is 0 Å². The number of benzene rings is 1. The molecule has 1 aliphatic carbocycles. The summed E-state index contributed by atoms with van der Waals surface area (Å²) in [5, 5.41) is 21.4. The highest BCUT2D eigenvalue weighted by atomic mass is 35.5. The number of rotatable bonds is 3. The lowest BCUT2D eigenvalue weighted by atomic mass is 9.79. The van der Waals surface area contributed by atoms with Crippen LogP contribution in [0.15, 0.2) is 30.5 Å². The number of aliphatic carboxylic acids is 1. The zero-order chi connectivity index (χ0) is 15.0. The van der Waals surface area contributed by atoms with Crippen LogP contribution >= 0.6 is 11.6 Å². The van der Waals surface area contributed by atoms with Crippen molar-refractivity contribution in [2.24, 2.45) is 5.92 Å². The van der Waals surface area contributed by atoms with E-state index in [-0.39, 0.29) is 5.92 Å². The van der Waals surface area contributed by atoms with Gasteiger partial charge in [-0.3, -0.25) is 4.79 Å². The molecule has 112 valence electrons. The van der Waals surface area contributed by atoms with Gasteiger partial charge in [-0.05, 0) is 43.9 Å². The lowest BCUT2D eigenvalue weighted by Gasteiger charge is -2.35. The predicted octanol–water partition coefficient (Wildman–Crippen LogP) is 3.30. The van der Waals surface area contributed by atoms with Crippen molar-refractivity contribution in [2.45, 2.75) is 37.8 Å². The highest BCUT2D eigenvalue weighted by Crippen LogP contribution is 2.35. The topological polar surface area (TPSA) is 62.5 Å². The fourth-order valence-electron chi connectivity index (χ4n) is 3.20. The third kappa shape index (κ3) is 2.78. The largest absolute Gasteiger partial charge is 0.481 e. The number of aliphatic hydroxyl groups is 1. The molecule has 2 N–H and O–H groups in total. The SMILES string of the molecule is O=C(O)C1CCC(O)(Cn2ccc3c(Cl)cccc32)CC1. The van der Waals surface area contributed by atoms with Gasteiger partial charge in [0.2, 0.25) is 0 Å². The van der Waals surface area contributed by atoms with E-state index in [0.29, 0.717) is 37.3 Å². The normalized spacial score (nSPS) is 26.1. The minimum absolute atomic E-state index is 0.318. The van der Waals surface area contributed by atoms with Crippen molar-refractivity contribution in [3.05, 3.63) is 35.5 Å². The number of fused-ring (bicyclic) bond motifs is 1. The average Bonchev–Trinajstić information content (AvgIpc) is 2.83. The third-order valence-electron chi connectivity index (χ3n) is 4.49. The van der Waals surface area contributed by atoms with Gasteiger partial charge in [0.1, 0.15) is 0 Å². The Hall–Kier alpha value is -1.52. The van der Waals surface area contributed by atoms with E-state index in [0.717, 1.165) is 10.9 Å². The van der Waals surface area contributed by atoms with Crippen LogP contribution in [-0.4, -0.2) is 26.4 Å². The molecule has 0 bridgehead atoms. The molecule has 0 radical (unpaired) electrons. The van der Waals surface area contributed by atoms with Gasteiger partial charge in [-0.2, -0.15) is 0 Å². The van der Waals surface area contributed by atoms with Gasteiger partial charge in [-0.1, -0.05) is 17.7 Å². The highest BCUT2D eigenvalue weighted by molar-refractivity contribution is 6.35. The summed E-state index contributed by atoms with van der Waals surface area (Å²) in [6, 6.07) is 7.67. The Bertz CT molecular complexity index is 671. The first-order valence-electron chi connectivity index (χ1n) is 7.17. The van der Waals surface area contributed by atoms with Gasteiger partial charge in [0.15, 0.2) is 0 Å². The molecular formula is C16H18ClNO3. The zero-order valence-corrected chi connectivity index (χ0v) is 12.4. The van der Waals surface area contributed by atoms with Gasteiger partial charge in [0.05, 0.1) is 18.1 Å².